The fraction of sp³-hybridized carbons (Fsp3) is 0.417. The number of rotatable bonds is 3. The highest BCUT2D eigenvalue weighted by molar-refractivity contribution is 5.72. The van der Waals surface area contributed by atoms with E-state index >= 15 is 0 Å². The minimum absolute atomic E-state index is 0.458. The molecule has 0 aliphatic rings. The SMILES string of the molecule is CCc1ccc(N)c(N=CC(C)C)c1. The second kappa shape index (κ2) is 4.80. The zero-order valence-corrected chi connectivity index (χ0v) is 9.12. The second-order valence-corrected chi connectivity index (χ2v) is 3.77. The quantitative estimate of drug-likeness (QED) is 0.577. The van der Waals surface area contributed by atoms with E-state index in [2.05, 4.69) is 25.8 Å². The van der Waals surface area contributed by atoms with Crippen LogP contribution in [0.15, 0.2) is 23.2 Å². The lowest BCUT2D eigenvalue weighted by molar-refractivity contribution is 0.907. The number of nitrogens with zero attached hydrogens (tertiary/aromatic N) is 1. The minimum Gasteiger partial charge on any atom is -0.397 e. The molecule has 1 rings (SSSR count). The number of anilines is 1. The van der Waals surface area contributed by atoms with Gasteiger partial charge in [-0.2, -0.15) is 0 Å². The number of benzene rings is 1. The summed E-state index contributed by atoms with van der Waals surface area (Å²) in [6.45, 7) is 6.33. The van der Waals surface area contributed by atoms with Crippen molar-refractivity contribution in [1.82, 2.24) is 0 Å². The van der Waals surface area contributed by atoms with E-state index in [1.165, 1.54) is 5.56 Å². The van der Waals surface area contributed by atoms with E-state index in [-0.39, 0.29) is 0 Å². The fourth-order valence-corrected chi connectivity index (χ4v) is 1.15. The molecule has 76 valence electrons. The normalized spacial score (nSPS) is 11.4. The zero-order valence-electron chi connectivity index (χ0n) is 9.12. The maximum atomic E-state index is 5.82. The molecule has 1 aromatic rings. The van der Waals surface area contributed by atoms with Crippen LogP contribution in [0.25, 0.3) is 0 Å². The summed E-state index contributed by atoms with van der Waals surface area (Å²) in [5.74, 6) is 0.458. The number of nitrogen functional groups attached to an aromatic ring is 1. The van der Waals surface area contributed by atoms with E-state index < -0.39 is 0 Å². The smallest absolute Gasteiger partial charge is 0.0857 e. The lowest BCUT2D eigenvalue weighted by Crippen LogP contribution is -1.90. The molecule has 2 nitrogen and oxygen atoms in total. The van der Waals surface area contributed by atoms with Gasteiger partial charge in [-0.05, 0) is 30.0 Å². The molecule has 0 saturated heterocycles. The maximum absolute atomic E-state index is 5.82. The highest BCUT2D eigenvalue weighted by Gasteiger charge is 1.98. The monoisotopic (exact) mass is 190 g/mol. The highest BCUT2D eigenvalue weighted by atomic mass is 14.8. The minimum atomic E-state index is 0.458. The van der Waals surface area contributed by atoms with Crippen molar-refractivity contribution in [3.63, 3.8) is 0 Å². The van der Waals surface area contributed by atoms with Crippen molar-refractivity contribution >= 4 is 17.6 Å². The summed E-state index contributed by atoms with van der Waals surface area (Å²) in [5, 5.41) is 0. The van der Waals surface area contributed by atoms with Crippen LogP contribution in [0.2, 0.25) is 0 Å². The first-order chi connectivity index (χ1) is 6.63. The van der Waals surface area contributed by atoms with Gasteiger partial charge in [-0.3, -0.25) is 4.99 Å². The zero-order chi connectivity index (χ0) is 10.6. The summed E-state index contributed by atoms with van der Waals surface area (Å²) in [7, 11) is 0. The Balaban J connectivity index is 2.94. The largest absolute Gasteiger partial charge is 0.397 e. The molecule has 2 heteroatoms. The van der Waals surface area contributed by atoms with Crippen LogP contribution < -0.4 is 5.73 Å². The van der Waals surface area contributed by atoms with E-state index in [1.807, 2.05) is 24.4 Å². The predicted molar refractivity (Wildman–Crippen MR) is 63.2 cm³/mol. The van der Waals surface area contributed by atoms with E-state index in [1.54, 1.807) is 0 Å². The van der Waals surface area contributed by atoms with Crippen LogP contribution >= 0.6 is 0 Å². The van der Waals surface area contributed by atoms with Crippen molar-refractivity contribution in [3.8, 4) is 0 Å². The van der Waals surface area contributed by atoms with Gasteiger partial charge in [-0.15, -0.1) is 0 Å². The summed E-state index contributed by atoms with van der Waals surface area (Å²) in [6, 6.07) is 6.02. The van der Waals surface area contributed by atoms with Gasteiger partial charge in [-0.25, -0.2) is 0 Å². The summed E-state index contributed by atoms with van der Waals surface area (Å²) >= 11 is 0. The number of aryl methyl sites for hydroxylation is 1. The highest BCUT2D eigenvalue weighted by Crippen LogP contribution is 2.23. The van der Waals surface area contributed by atoms with Crippen LogP contribution in [0.3, 0.4) is 0 Å². The van der Waals surface area contributed by atoms with Gasteiger partial charge in [0.2, 0.25) is 0 Å². The lowest BCUT2D eigenvalue weighted by atomic mass is 10.1. The van der Waals surface area contributed by atoms with Crippen molar-refractivity contribution in [2.75, 3.05) is 5.73 Å². The van der Waals surface area contributed by atoms with Gasteiger partial charge in [0.25, 0.3) is 0 Å². The van der Waals surface area contributed by atoms with E-state index in [9.17, 15) is 0 Å². The van der Waals surface area contributed by atoms with Crippen LogP contribution in [0.1, 0.15) is 26.3 Å². The third-order valence-electron chi connectivity index (χ3n) is 2.01. The third kappa shape index (κ3) is 2.87. The molecule has 0 unspecified atom stereocenters. The Morgan fingerprint density at radius 3 is 2.71 bits per heavy atom. The molecule has 1 aromatic carbocycles. The molecule has 14 heavy (non-hydrogen) atoms. The summed E-state index contributed by atoms with van der Waals surface area (Å²) < 4.78 is 0. The van der Waals surface area contributed by atoms with Gasteiger partial charge in [0.15, 0.2) is 0 Å². The molecule has 0 amide bonds. The van der Waals surface area contributed by atoms with Crippen LogP contribution in [0, 0.1) is 5.92 Å². The number of hydrogen-bond donors (Lipinski definition) is 1. The van der Waals surface area contributed by atoms with E-state index in [0.717, 1.165) is 17.8 Å². The average molecular weight is 190 g/mol. The Bertz CT molecular complexity index is 327. The van der Waals surface area contributed by atoms with Crippen molar-refractivity contribution in [2.24, 2.45) is 10.9 Å². The molecular weight excluding hydrogens is 172 g/mol. The van der Waals surface area contributed by atoms with E-state index in [0.29, 0.717) is 5.92 Å². The molecule has 0 aliphatic carbocycles. The first-order valence-electron chi connectivity index (χ1n) is 5.06. The van der Waals surface area contributed by atoms with Crippen molar-refractivity contribution in [2.45, 2.75) is 27.2 Å². The third-order valence-corrected chi connectivity index (χ3v) is 2.01. The number of nitrogens with two attached hydrogens (primary N) is 1. The van der Waals surface area contributed by atoms with Crippen molar-refractivity contribution in [1.29, 1.82) is 0 Å². The standard InChI is InChI=1S/C12H18N2/c1-4-10-5-6-11(13)12(7-10)14-8-9(2)3/h5-9H,4,13H2,1-3H3. The summed E-state index contributed by atoms with van der Waals surface area (Å²) in [4.78, 5) is 4.36. The molecule has 0 radical (unpaired) electrons. The lowest BCUT2D eigenvalue weighted by Gasteiger charge is -2.03. The molecule has 0 saturated carbocycles. The first-order valence-corrected chi connectivity index (χ1v) is 5.06. The molecule has 0 spiro atoms. The van der Waals surface area contributed by atoms with Gasteiger partial charge < -0.3 is 5.73 Å². The number of hydrogen-bond acceptors (Lipinski definition) is 2. The van der Waals surface area contributed by atoms with Gasteiger partial charge in [0.1, 0.15) is 0 Å². The maximum Gasteiger partial charge on any atom is 0.0857 e. The Kier molecular flexibility index (Phi) is 3.69. The van der Waals surface area contributed by atoms with Crippen LogP contribution in [-0.4, -0.2) is 6.21 Å². The molecule has 0 heterocycles. The number of aliphatic imine (C=N–C) groups is 1. The van der Waals surface area contributed by atoms with Gasteiger partial charge in [-0.1, -0.05) is 26.8 Å². The molecule has 0 bridgehead atoms. The van der Waals surface area contributed by atoms with Crippen LogP contribution in [-0.2, 0) is 6.42 Å². The van der Waals surface area contributed by atoms with Crippen LogP contribution in [0.4, 0.5) is 11.4 Å². The van der Waals surface area contributed by atoms with Crippen LogP contribution in [0.5, 0.6) is 0 Å². The Morgan fingerprint density at radius 2 is 2.14 bits per heavy atom. The average Bonchev–Trinajstić information content (AvgIpc) is 2.16. The molecule has 0 aromatic heterocycles. The second-order valence-electron chi connectivity index (χ2n) is 3.77. The van der Waals surface area contributed by atoms with Gasteiger partial charge in [0, 0.05) is 6.21 Å². The summed E-state index contributed by atoms with van der Waals surface area (Å²) in [5.41, 5.74) is 8.73. The molecule has 0 atom stereocenters. The Hall–Kier alpha value is -1.31. The summed E-state index contributed by atoms with van der Waals surface area (Å²) in [6.07, 6.45) is 2.94. The fourth-order valence-electron chi connectivity index (χ4n) is 1.15. The van der Waals surface area contributed by atoms with Gasteiger partial charge >= 0.3 is 0 Å². The Morgan fingerprint density at radius 1 is 1.43 bits per heavy atom. The van der Waals surface area contributed by atoms with Crippen molar-refractivity contribution in [3.05, 3.63) is 23.8 Å². The molecular formula is C12H18N2. The molecule has 0 fully saturated rings. The van der Waals surface area contributed by atoms with E-state index in [4.69, 9.17) is 5.73 Å². The molecule has 0 aliphatic heterocycles. The predicted octanol–water partition coefficient (Wildman–Crippen LogP) is 3.19. The van der Waals surface area contributed by atoms with Crippen molar-refractivity contribution < 1.29 is 0 Å². The molecule has 2 N–H and O–H groups in total. The first kappa shape index (κ1) is 10.8. The van der Waals surface area contributed by atoms with Gasteiger partial charge in [0.05, 0.1) is 11.4 Å². The Labute approximate surface area is 85.9 Å². The topological polar surface area (TPSA) is 38.4 Å².